The predicted molar refractivity (Wildman–Crippen MR) is 99.7 cm³/mol. The van der Waals surface area contributed by atoms with Gasteiger partial charge in [-0.25, -0.2) is 4.98 Å². The lowest BCUT2D eigenvalue weighted by atomic mass is 10.1. The van der Waals surface area contributed by atoms with E-state index in [-0.39, 0.29) is 11.9 Å². The van der Waals surface area contributed by atoms with Gasteiger partial charge < -0.3 is 23.8 Å². The fourth-order valence-corrected chi connectivity index (χ4v) is 4.00. The predicted octanol–water partition coefficient (Wildman–Crippen LogP) is 1.66. The molecule has 1 amide bonds. The maximum atomic E-state index is 13.0. The lowest BCUT2D eigenvalue weighted by molar-refractivity contribution is 0.0631. The zero-order valence-electron chi connectivity index (χ0n) is 15.5. The van der Waals surface area contributed by atoms with Crippen LogP contribution in [0.25, 0.3) is 11.0 Å². The second kappa shape index (κ2) is 7.25. The van der Waals surface area contributed by atoms with Gasteiger partial charge in [-0.2, -0.15) is 0 Å². The van der Waals surface area contributed by atoms with Gasteiger partial charge in [0.2, 0.25) is 5.95 Å². The summed E-state index contributed by atoms with van der Waals surface area (Å²) in [6, 6.07) is 6.01. The quantitative estimate of drug-likeness (QED) is 0.832. The highest BCUT2D eigenvalue weighted by Crippen LogP contribution is 2.25. The summed E-state index contributed by atoms with van der Waals surface area (Å²) >= 11 is 0. The molecule has 3 heterocycles. The molecule has 1 aromatic heterocycles. The Kier molecular flexibility index (Phi) is 4.82. The molecule has 7 heteroatoms. The number of rotatable bonds is 4. The van der Waals surface area contributed by atoms with Crippen molar-refractivity contribution in [3.8, 4) is 0 Å². The Bertz CT molecular complexity index is 797. The molecule has 2 fully saturated rings. The number of aromatic nitrogens is 2. The van der Waals surface area contributed by atoms with Gasteiger partial charge in [-0.05, 0) is 31.0 Å². The van der Waals surface area contributed by atoms with Gasteiger partial charge in [0.1, 0.15) is 0 Å². The smallest absolute Gasteiger partial charge is 0.254 e. The first-order valence-electron chi connectivity index (χ1n) is 9.28. The molecule has 0 aliphatic carbocycles. The largest absolute Gasteiger partial charge is 0.383 e. The van der Waals surface area contributed by atoms with Crippen LogP contribution in [0.1, 0.15) is 23.2 Å². The maximum absolute atomic E-state index is 13.0. The number of imidazole rings is 1. The first-order chi connectivity index (χ1) is 12.7. The van der Waals surface area contributed by atoms with Crippen LogP contribution in [0.2, 0.25) is 0 Å². The van der Waals surface area contributed by atoms with Crippen molar-refractivity contribution in [2.75, 3.05) is 51.5 Å². The van der Waals surface area contributed by atoms with Crippen molar-refractivity contribution in [2.24, 2.45) is 7.05 Å². The molecule has 0 N–H and O–H groups in total. The Labute approximate surface area is 153 Å². The third-order valence-electron chi connectivity index (χ3n) is 5.40. The Morgan fingerprint density at radius 1 is 1.31 bits per heavy atom. The van der Waals surface area contributed by atoms with Crippen LogP contribution in [0.3, 0.4) is 0 Å². The minimum Gasteiger partial charge on any atom is -0.383 e. The van der Waals surface area contributed by atoms with E-state index >= 15 is 0 Å². The number of carbonyl (C=O) groups is 1. The van der Waals surface area contributed by atoms with Crippen molar-refractivity contribution in [1.82, 2.24) is 14.5 Å². The second-order valence-corrected chi connectivity index (χ2v) is 7.02. The number of likely N-dealkylation sites (tertiary alicyclic amines) is 1. The summed E-state index contributed by atoms with van der Waals surface area (Å²) in [5, 5.41) is 0. The van der Waals surface area contributed by atoms with E-state index in [0.29, 0.717) is 12.2 Å². The number of nitrogens with zero attached hydrogens (tertiary/aromatic N) is 4. The van der Waals surface area contributed by atoms with E-state index in [9.17, 15) is 4.79 Å². The second-order valence-electron chi connectivity index (χ2n) is 7.02. The van der Waals surface area contributed by atoms with Gasteiger partial charge in [0.15, 0.2) is 0 Å². The van der Waals surface area contributed by atoms with E-state index in [1.165, 1.54) is 0 Å². The minimum absolute atomic E-state index is 0.0741. The van der Waals surface area contributed by atoms with Crippen LogP contribution in [-0.4, -0.2) is 73.0 Å². The summed E-state index contributed by atoms with van der Waals surface area (Å²) in [6.07, 6.45) is 2.04. The van der Waals surface area contributed by atoms with Crippen molar-refractivity contribution in [2.45, 2.75) is 18.9 Å². The first kappa shape index (κ1) is 17.3. The van der Waals surface area contributed by atoms with E-state index < -0.39 is 0 Å². The van der Waals surface area contributed by atoms with E-state index in [1.807, 2.05) is 30.1 Å². The summed E-state index contributed by atoms with van der Waals surface area (Å²) in [7, 11) is 3.71. The molecular weight excluding hydrogens is 332 g/mol. The molecular formula is C19H26N4O3. The number of hydrogen-bond donors (Lipinski definition) is 0. The molecule has 0 radical (unpaired) electrons. The van der Waals surface area contributed by atoms with Gasteiger partial charge in [-0.15, -0.1) is 0 Å². The summed E-state index contributed by atoms with van der Waals surface area (Å²) in [6.45, 7) is 4.53. The van der Waals surface area contributed by atoms with Crippen LogP contribution >= 0.6 is 0 Å². The van der Waals surface area contributed by atoms with Crippen LogP contribution in [-0.2, 0) is 16.5 Å². The fourth-order valence-electron chi connectivity index (χ4n) is 4.00. The zero-order chi connectivity index (χ0) is 18.1. The number of carbonyl (C=O) groups excluding carboxylic acids is 1. The van der Waals surface area contributed by atoms with Gasteiger partial charge in [-0.1, -0.05) is 0 Å². The molecule has 1 atom stereocenters. The summed E-state index contributed by atoms with van der Waals surface area (Å²) in [4.78, 5) is 22.0. The molecule has 140 valence electrons. The molecule has 2 aliphatic rings. The molecule has 0 bridgehead atoms. The van der Waals surface area contributed by atoms with Crippen LogP contribution in [0, 0.1) is 0 Å². The molecule has 2 aromatic rings. The van der Waals surface area contributed by atoms with Gasteiger partial charge >= 0.3 is 0 Å². The van der Waals surface area contributed by atoms with Crippen molar-refractivity contribution in [3.63, 3.8) is 0 Å². The number of ether oxygens (including phenoxy) is 2. The number of anilines is 1. The van der Waals surface area contributed by atoms with E-state index in [0.717, 1.165) is 62.7 Å². The highest BCUT2D eigenvalue weighted by atomic mass is 16.5. The van der Waals surface area contributed by atoms with Crippen LogP contribution in [0.15, 0.2) is 18.2 Å². The molecule has 1 aromatic carbocycles. The number of aryl methyl sites for hydroxylation is 1. The number of morpholine rings is 1. The lowest BCUT2D eigenvalue weighted by Gasteiger charge is -2.27. The summed E-state index contributed by atoms with van der Waals surface area (Å²) in [5.41, 5.74) is 2.60. The molecule has 0 spiro atoms. The van der Waals surface area contributed by atoms with E-state index in [4.69, 9.17) is 14.5 Å². The fraction of sp³-hybridized carbons (Fsp3) is 0.579. The van der Waals surface area contributed by atoms with Gasteiger partial charge in [0, 0.05) is 39.4 Å². The Hall–Kier alpha value is -2.12. The number of fused-ring (bicyclic) bond motifs is 1. The Morgan fingerprint density at radius 2 is 2.12 bits per heavy atom. The van der Waals surface area contributed by atoms with Crippen LogP contribution in [0.4, 0.5) is 5.95 Å². The third-order valence-corrected chi connectivity index (χ3v) is 5.40. The van der Waals surface area contributed by atoms with E-state index in [1.54, 1.807) is 7.11 Å². The van der Waals surface area contributed by atoms with Gasteiger partial charge in [0.05, 0.1) is 36.9 Å². The Balaban J connectivity index is 1.62. The number of methoxy groups -OCH3 is 1. The van der Waals surface area contributed by atoms with E-state index in [2.05, 4.69) is 9.47 Å². The average molecular weight is 358 g/mol. The minimum atomic E-state index is 0.0741. The van der Waals surface area contributed by atoms with Crippen molar-refractivity contribution in [1.29, 1.82) is 0 Å². The SMILES string of the molecule is COCC1CCCN1C(=O)c1ccc2c(c1)nc(N1CCOCC1)n2C. The summed E-state index contributed by atoms with van der Waals surface area (Å²) < 4.78 is 12.8. The summed E-state index contributed by atoms with van der Waals surface area (Å²) in [5.74, 6) is 1.01. The van der Waals surface area contributed by atoms with Crippen molar-refractivity contribution < 1.29 is 14.3 Å². The molecule has 0 saturated carbocycles. The van der Waals surface area contributed by atoms with Crippen LogP contribution in [0.5, 0.6) is 0 Å². The van der Waals surface area contributed by atoms with Crippen LogP contribution < -0.4 is 4.90 Å². The van der Waals surface area contributed by atoms with Gasteiger partial charge in [0.25, 0.3) is 5.91 Å². The zero-order valence-corrected chi connectivity index (χ0v) is 15.5. The molecule has 26 heavy (non-hydrogen) atoms. The monoisotopic (exact) mass is 358 g/mol. The standard InChI is InChI=1S/C19H26N4O3/c1-21-17-6-5-14(18(24)23-7-3-4-15(23)13-25-2)12-16(17)20-19(21)22-8-10-26-11-9-22/h5-6,12,15H,3-4,7-11,13H2,1-2H3. The number of amides is 1. The molecule has 1 unspecified atom stereocenters. The molecule has 2 aliphatic heterocycles. The molecule has 7 nitrogen and oxygen atoms in total. The third kappa shape index (κ3) is 3.05. The van der Waals surface area contributed by atoms with Crippen molar-refractivity contribution >= 4 is 22.9 Å². The number of benzene rings is 1. The van der Waals surface area contributed by atoms with Gasteiger partial charge in [-0.3, -0.25) is 4.79 Å². The number of hydrogen-bond acceptors (Lipinski definition) is 5. The first-order valence-corrected chi connectivity index (χ1v) is 9.28. The lowest BCUT2D eigenvalue weighted by Crippen LogP contribution is -2.38. The normalized spacial score (nSPS) is 20.9. The Morgan fingerprint density at radius 3 is 2.88 bits per heavy atom. The highest BCUT2D eigenvalue weighted by molar-refractivity contribution is 5.98. The van der Waals surface area contributed by atoms with Crippen molar-refractivity contribution in [3.05, 3.63) is 23.8 Å². The molecule has 4 rings (SSSR count). The maximum Gasteiger partial charge on any atom is 0.254 e. The average Bonchev–Trinajstić information content (AvgIpc) is 3.26. The highest BCUT2D eigenvalue weighted by Gasteiger charge is 2.29. The topological polar surface area (TPSA) is 59.8 Å². The molecule has 2 saturated heterocycles.